The van der Waals surface area contributed by atoms with Crippen molar-refractivity contribution in [2.75, 3.05) is 18.9 Å². The third-order valence-electron chi connectivity index (χ3n) is 3.35. The number of anilines is 1. The SMILES string of the molecule is CC[C@@H](c1ccncc1)N(C)CC(=O)Nc1cccnc1. The number of amides is 1. The van der Waals surface area contributed by atoms with Gasteiger partial charge in [0.05, 0.1) is 18.4 Å². The molecule has 2 rings (SSSR count). The second-order valence-electron chi connectivity index (χ2n) is 4.91. The monoisotopic (exact) mass is 284 g/mol. The Balaban J connectivity index is 1.96. The number of nitrogens with one attached hydrogen (secondary N) is 1. The molecule has 0 aliphatic heterocycles. The fourth-order valence-electron chi connectivity index (χ4n) is 2.36. The van der Waals surface area contributed by atoms with Crippen LogP contribution in [0.25, 0.3) is 0 Å². The van der Waals surface area contributed by atoms with Gasteiger partial charge in [-0.25, -0.2) is 0 Å². The molecule has 0 aliphatic rings. The molecule has 21 heavy (non-hydrogen) atoms. The van der Waals surface area contributed by atoms with Crippen molar-refractivity contribution in [3.63, 3.8) is 0 Å². The lowest BCUT2D eigenvalue weighted by Gasteiger charge is -2.26. The van der Waals surface area contributed by atoms with Crippen molar-refractivity contribution in [2.24, 2.45) is 0 Å². The summed E-state index contributed by atoms with van der Waals surface area (Å²) in [5.74, 6) is -0.0435. The molecule has 2 heterocycles. The minimum absolute atomic E-state index is 0.0435. The zero-order valence-corrected chi connectivity index (χ0v) is 12.4. The highest BCUT2D eigenvalue weighted by molar-refractivity contribution is 5.92. The first-order chi connectivity index (χ1) is 10.2. The van der Waals surface area contributed by atoms with E-state index in [1.807, 2.05) is 30.1 Å². The summed E-state index contributed by atoms with van der Waals surface area (Å²) in [6.45, 7) is 2.44. The molecule has 1 N–H and O–H groups in total. The molecule has 0 fully saturated rings. The third-order valence-corrected chi connectivity index (χ3v) is 3.35. The molecule has 5 heteroatoms. The smallest absolute Gasteiger partial charge is 0.238 e. The van der Waals surface area contributed by atoms with Gasteiger partial charge >= 0.3 is 0 Å². The van der Waals surface area contributed by atoms with Gasteiger partial charge in [-0.05, 0) is 43.3 Å². The maximum absolute atomic E-state index is 12.1. The van der Waals surface area contributed by atoms with Gasteiger partial charge in [-0.15, -0.1) is 0 Å². The molecule has 1 amide bonds. The summed E-state index contributed by atoms with van der Waals surface area (Å²) in [5, 5.41) is 2.85. The predicted molar refractivity (Wildman–Crippen MR) is 82.8 cm³/mol. The molecular weight excluding hydrogens is 264 g/mol. The van der Waals surface area contributed by atoms with Crippen molar-refractivity contribution in [1.82, 2.24) is 14.9 Å². The van der Waals surface area contributed by atoms with Crippen LogP contribution in [0.2, 0.25) is 0 Å². The topological polar surface area (TPSA) is 58.1 Å². The van der Waals surface area contributed by atoms with Gasteiger partial charge in [0.15, 0.2) is 0 Å². The number of carbonyl (C=O) groups excluding carboxylic acids is 1. The first-order valence-electron chi connectivity index (χ1n) is 7.00. The van der Waals surface area contributed by atoms with E-state index in [0.29, 0.717) is 12.2 Å². The Kier molecular flexibility index (Phi) is 5.40. The van der Waals surface area contributed by atoms with E-state index in [9.17, 15) is 4.79 Å². The molecule has 2 aromatic heterocycles. The molecule has 110 valence electrons. The number of nitrogens with zero attached hydrogens (tertiary/aromatic N) is 3. The van der Waals surface area contributed by atoms with E-state index in [-0.39, 0.29) is 11.9 Å². The van der Waals surface area contributed by atoms with Crippen LogP contribution in [0.15, 0.2) is 49.1 Å². The highest BCUT2D eigenvalue weighted by Gasteiger charge is 2.17. The molecule has 0 unspecified atom stereocenters. The van der Waals surface area contributed by atoms with Gasteiger partial charge in [-0.2, -0.15) is 0 Å². The van der Waals surface area contributed by atoms with E-state index in [0.717, 1.165) is 6.42 Å². The lowest BCUT2D eigenvalue weighted by atomic mass is 10.0. The van der Waals surface area contributed by atoms with Crippen molar-refractivity contribution in [1.29, 1.82) is 0 Å². The number of hydrogen-bond donors (Lipinski definition) is 1. The fourth-order valence-corrected chi connectivity index (χ4v) is 2.36. The maximum atomic E-state index is 12.1. The Morgan fingerprint density at radius 1 is 1.24 bits per heavy atom. The second-order valence-corrected chi connectivity index (χ2v) is 4.91. The van der Waals surface area contributed by atoms with Crippen LogP contribution in [-0.4, -0.2) is 34.4 Å². The number of rotatable bonds is 6. The van der Waals surface area contributed by atoms with Crippen molar-refractivity contribution in [3.05, 3.63) is 54.6 Å². The van der Waals surface area contributed by atoms with Crippen molar-refractivity contribution >= 4 is 11.6 Å². The average molecular weight is 284 g/mol. The Morgan fingerprint density at radius 3 is 2.62 bits per heavy atom. The summed E-state index contributed by atoms with van der Waals surface area (Å²) in [6, 6.07) is 7.80. The second kappa shape index (κ2) is 7.50. The number of carbonyl (C=O) groups is 1. The molecule has 0 aromatic carbocycles. The van der Waals surface area contributed by atoms with Crippen molar-refractivity contribution in [2.45, 2.75) is 19.4 Å². The van der Waals surface area contributed by atoms with Gasteiger partial charge < -0.3 is 5.32 Å². The molecule has 0 bridgehead atoms. The maximum Gasteiger partial charge on any atom is 0.238 e. The fraction of sp³-hybridized carbons (Fsp3) is 0.312. The number of likely N-dealkylation sites (N-methyl/N-ethyl adjacent to an activating group) is 1. The number of pyridine rings is 2. The van der Waals surface area contributed by atoms with Crippen LogP contribution >= 0.6 is 0 Å². The zero-order valence-electron chi connectivity index (χ0n) is 12.4. The third kappa shape index (κ3) is 4.36. The van der Waals surface area contributed by atoms with E-state index in [4.69, 9.17) is 0 Å². The van der Waals surface area contributed by atoms with Gasteiger partial charge in [0, 0.05) is 24.6 Å². The van der Waals surface area contributed by atoms with Crippen molar-refractivity contribution in [3.8, 4) is 0 Å². The molecule has 0 spiro atoms. The minimum atomic E-state index is -0.0435. The van der Waals surface area contributed by atoms with Crippen LogP contribution in [0.3, 0.4) is 0 Å². The molecule has 0 saturated heterocycles. The summed E-state index contributed by atoms with van der Waals surface area (Å²) in [7, 11) is 1.96. The molecule has 2 aromatic rings. The minimum Gasteiger partial charge on any atom is -0.324 e. The van der Waals surface area contributed by atoms with Gasteiger partial charge in [-0.1, -0.05) is 6.92 Å². The first-order valence-corrected chi connectivity index (χ1v) is 7.00. The molecular formula is C16H20N4O. The van der Waals surface area contributed by atoms with Gasteiger partial charge in [-0.3, -0.25) is 19.7 Å². The molecule has 5 nitrogen and oxygen atoms in total. The van der Waals surface area contributed by atoms with Gasteiger partial charge in [0.2, 0.25) is 5.91 Å². The Bertz CT molecular complexity index is 559. The quantitative estimate of drug-likeness (QED) is 0.885. The molecule has 0 radical (unpaired) electrons. The summed E-state index contributed by atoms with van der Waals surface area (Å²) in [6.07, 6.45) is 7.81. The van der Waals surface area contributed by atoms with E-state index < -0.39 is 0 Å². The molecule has 0 aliphatic carbocycles. The summed E-state index contributed by atoms with van der Waals surface area (Å²) < 4.78 is 0. The lowest BCUT2D eigenvalue weighted by Crippen LogP contribution is -2.33. The van der Waals surface area contributed by atoms with Crippen LogP contribution in [-0.2, 0) is 4.79 Å². The van der Waals surface area contributed by atoms with E-state index >= 15 is 0 Å². The van der Waals surface area contributed by atoms with Crippen molar-refractivity contribution < 1.29 is 4.79 Å². The highest BCUT2D eigenvalue weighted by Crippen LogP contribution is 2.21. The van der Waals surface area contributed by atoms with Crippen LogP contribution in [0.1, 0.15) is 24.9 Å². The van der Waals surface area contributed by atoms with E-state index in [2.05, 4.69) is 22.2 Å². The molecule has 1 atom stereocenters. The van der Waals surface area contributed by atoms with E-state index in [1.165, 1.54) is 5.56 Å². The lowest BCUT2D eigenvalue weighted by molar-refractivity contribution is -0.117. The average Bonchev–Trinajstić information content (AvgIpc) is 2.50. The highest BCUT2D eigenvalue weighted by atomic mass is 16.2. The Labute approximate surface area is 125 Å². The summed E-state index contributed by atoms with van der Waals surface area (Å²) in [4.78, 5) is 22.1. The van der Waals surface area contributed by atoms with Gasteiger partial charge in [0.25, 0.3) is 0 Å². The number of hydrogen-bond acceptors (Lipinski definition) is 4. The van der Waals surface area contributed by atoms with Gasteiger partial charge in [0.1, 0.15) is 0 Å². The largest absolute Gasteiger partial charge is 0.324 e. The normalized spacial score (nSPS) is 12.1. The predicted octanol–water partition coefficient (Wildman–Crippen LogP) is 2.50. The van der Waals surface area contributed by atoms with Crippen LogP contribution in [0.4, 0.5) is 5.69 Å². The van der Waals surface area contributed by atoms with Crippen LogP contribution in [0, 0.1) is 0 Å². The summed E-state index contributed by atoms with van der Waals surface area (Å²) >= 11 is 0. The Morgan fingerprint density at radius 2 is 2.00 bits per heavy atom. The zero-order chi connectivity index (χ0) is 15.1. The van der Waals surface area contributed by atoms with E-state index in [1.54, 1.807) is 30.9 Å². The first kappa shape index (κ1) is 15.1. The number of aromatic nitrogens is 2. The Hall–Kier alpha value is -2.27. The molecule has 0 saturated carbocycles. The van der Waals surface area contributed by atoms with Crippen LogP contribution in [0.5, 0.6) is 0 Å². The van der Waals surface area contributed by atoms with Crippen LogP contribution < -0.4 is 5.32 Å². The summed E-state index contributed by atoms with van der Waals surface area (Å²) in [5.41, 5.74) is 1.89. The standard InChI is InChI=1S/C16H20N4O/c1-3-15(13-6-9-17-10-7-13)20(2)12-16(21)19-14-5-4-8-18-11-14/h4-11,15H,3,12H2,1-2H3,(H,19,21)/t15-/m0/s1.